The van der Waals surface area contributed by atoms with Crippen molar-refractivity contribution in [1.29, 1.82) is 0 Å². The molecule has 188 valence electrons. The first-order valence-corrected chi connectivity index (χ1v) is 13.8. The molecule has 6 nitrogen and oxygen atoms in total. The lowest BCUT2D eigenvalue weighted by atomic mass is 10.0. The summed E-state index contributed by atoms with van der Waals surface area (Å²) in [5.74, 6) is 0.574. The number of carbonyl (C=O) groups excluding carboxylic acids is 1. The summed E-state index contributed by atoms with van der Waals surface area (Å²) in [4.78, 5) is 20.1. The van der Waals surface area contributed by atoms with E-state index in [1.165, 1.54) is 12.1 Å². The lowest BCUT2D eigenvalue weighted by molar-refractivity contribution is 0.0733. The van der Waals surface area contributed by atoms with Gasteiger partial charge in [-0.3, -0.25) is 9.78 Å². The molecule has 0 spiro atoms. The fourth-order valence-electron chi connectivity index (χ4n) is 4.67. The summed E-state index contributed by atoms with van der Waals surface area (Å²) >= 11 is 0. The van der Waals surface area contributed by atoms with Gasteiger partial charge in [-0.05, 0) is 66.2 Å². The first-order chi connectivity index (χ1) is 18.5. The highest BCUT2D eigenvalue weighted by Crippen LogP contribution is 2.31. The van der Waals surface area contributed by atoms with Crippen LogP contribution in [0.25, 0.3) is 22.0 Å². The van der Waals surface area contributed by atoms with E-state index in [2.05, 4.69) is 11.1 Å². The number of aromatic nitrogens is 1. The molecule has 5 aromatic rings. The summed E-state index contributed by atoms with van der Waals surface area (Å²) < 4.78 is 31.8. The van der Waals surface area contributed by atoms with Crippen LogP contribution in [0.1, 0.15) is 15.9 Å². The number of rotatable bonds is 4. The van der Waals surface area contributed by atoms with Gasteiger partial charge in [0.05, 0.1) is 21.9 Å². The fraction of sp³-hybridized carbons (Fsp3) is 0.0968. The van der Waals surface area contributed by atoms with E-state index in [0.29, 0.717) is 25.3 Å². The summed E-state index contributed by atoms with van der Waals surface area (Å²) in [6.07, 6.45) is 1.86. The minimum Gasteiger partial charge on any atom is -0.491 e. The summed E-state index contributed by atoms with van der Waals surface area (Å²) in [5.41, 5.74) is 4.26. The van der Waals surface area contributed by atoms with Crippen LogP contribution in [-0.2, 0) is 16.4 Å². The number of benzene rings is 4. The van der Waals surface area contributed by atoms with Gasteiger partial charge in [0.2, 0.25) is 9.84 Å². The zero-order valence-corrected chi connectivity index (χ0v) is 21.3. The van der Waals surface area contributed by atoms with E-state index < -0.39 is 9.84 Å². The number of ether oxygens (including phenoxy) is 1. The van der Waals surface area contributed by atoms with Crippen LogP contribution < -0.4 is 4.74 Å². The Morgan fingerprint density at radius 1 is 0.789 bits per heavy atom. The van der Waals surface area contributed by atoms with Gasteiger partial charge < -0.3 is 9.64 Å². The van der Waals surface area contributed by atoms with Crippen LogP contribution in [-0.4, -0.2) is 37.4 Å². The SMILES string of the molecule is O=C(c1ccc(S(=O)(=O)c2ccccc2)cc1)N1CCOc2ccc(-c3cnc4ccccc4c3)cc2C1. The molecule has 2 heterocycles. The van der Waals surface area contributed by atoms with E-state index in [1.807, 2.05) is 48.7 Å². The van der Waals surface area contributed by atoms with Crippen molar-refractivity contribution in [2.24, 2.45) is 0 Å². The number of carbonyl (C=O) groups is 1. The summed E-state index contributed by atoms with van der Waals surface area (Å²) in [6, 6.07) is 30.5. The van der Waals surface area contributed by atoms with E-state index in [0.717, 1.165) is 33.3 Å². The third-order valence-electron chi connectivity index (χ3n) is 6.72. The number of nitrogens with zero attached hydrogens (tertiary/aromatic N) is 2. The van der Waals surface area contributed by atoms with Crippen LogP contribution >= 0.6 is 0 Å². The zero-order chi connectivity index (χ0) is 26.1. The molecule has 1 amide bonds. The molecule has 0 radical (unpaired) electrons. The number of pyridine rings is 1. The standard InChI is InChI=1S/C31H24N2O4S/c34-31(22-10-13-28(14-11-22)38(35,36)27-7-2-1-3-8-27)33-16-17-37-30-15-12-23(18-26(30)21-33)25-19-24-6-4-5-9-29(24)32-20-25/h1-15,18-20H,16-17,21H2. The van der Waals surface area contributed by atoms with E-state index in [1.54, 1.807) is 47.4 Å². The maximum atomic E-state index is 13.4. The highest BCUT2D eigenvalue weighted by Gasteiger charge is 2.23. The molecule has 0 atom stereocenters. The molecule has 0 fully saturated rings. The molecule has 1 aromatic heterocycles. The Morgan fingerprint density at radius 3 is 2.34 bits per heavy atom. The van der Waals surface area contributed by atoms with Gasteiger partial charge in [0, 0.05) is 34.8 Å². The maximum Gasteiger partial charge on any atom is 0.254 e. The van der Waals surface area contributed by atoms with E-state index >= 15 is 0 Å². The van der Waals surface area contributed by atoms with Crippen molar-refractivity contribution in [3.63, 3.8) is 0 Å². The first kappa shape index (κ1) is 23.9. The molecule has 1 aliphatic heterocycles. The van der Waals surface area contributed by atoms with Crippen LogP contribution in [0.2, 0.25) is 0 Å². The van der Waals surface area contributed by atoms with Gasteiger partial charge in [-0.2, -0.15) is 0 Å². The molecule has 38 heavy (non-hydrogen) atoms. The number of hydrogen-bond acceptors (Lipinski definition) is 5. The van der Waals surface area contributed by atoms with Crippen molar-refractivity contribution in [2.45, 2.75) is 16.3 Å². The highest BCUT2D eigenvalue weighted by molar-refractivity contribution is 7.91. The number of hydrogen-bond donors (Lipinski definition) is 0. The Labute approximate surface area is 221 Å². The van der Waals surface area contributed by atoms with Crippen LogP contribution in [0.3, 0.4) is 0 Å². The van der Waals surface area contributed by atoms with Crippen molar-refractivity contribution >= 4 is 26.6 Å². The molecule has 7 heteroatoms. The molecular weight excluding hydrogens is 496 g/mol. The minimum atomic E-state index is -3.65. The average molecular weight is 521 g/mol. The molecule has 1 aliphatic rings. The van der Waals surface area contributed by atoms with Gasteiger partial charge >= 0.3 is 0 Å². The van der Waals surface area contributed by atoms with Crippen molar-refractivity contribution in [3.8, 4) is 16.9 Å². The summed E-state index contributed by atoms with van der Waals surface area (Å²) in [5, 5.41) is 1.06. The van der Waals surface area contributed by atoms with Crippen LogP contribution in [0.15, 0.2) is 119 Å². The molecular formula is C31H24N2O4S. The second-order valence-electron chi connectivity index (χ2n) is 9.16. The smallest absolute Gasteiger partial charge is 0.254 e. The Kier molecular flexibility index (Phi) is 6.13. The topological polar surface area (TPSA) is 76.6 Å². The van der Waals surface area contributed by atoms with Gasteiger partial charge in [-0.15, -0.1) is 0 Å². The number of fused-ring (bicyclic) bond motifs is 2. The molecule has 0 aliphatic carbocycles. The normalized spacial score (nSPS) is 13.4. The van der Waals surface area contributed by atoms with Gasteiger partial charge in [0.1, 0.15) is 12.4 Å². The molecule has 4 aromatic carbocycles. The van der Waals surface area contributed by atoms with Gasteiger partial charge in [0.15, 0.2) is 0 Å². The Bertz CT molecular complexity index is 1750. The zero-order valence-electron chi connectivity index (χ0n) is 20.4. The third kappa shape index (κ3) is 4.53. The number of para-hydroxylation sites is 1. The van der Waals surface area contributed by atoms with Crippen molar-refractivity contribution in [1.82, 2.24) is 9.88 Å². The van der Waals surface area contributed by atoms with E-state index in [-0.39, 0.29) is 15.7 Å². The van der Waals surface area contributed by atoms with Gasteiger partial charge in [0.25, 0.3) is 5.91 Å². The van der Waals surface area contributed by atoms with Crippen molar-refractivity contribution in [3.05, 3.63) is 120 Å². The third-order valence-corrected chi connectivity index (χ3v) is 8.50. The monoisotopic (exact) mass is 520 g/mol. The quantitative estimate of drug-likeness (QED) is 0.301. The summed E-state index contributed by atoms with van der Waals surface area (Å²) in [6.45, 7) is 1.17. The lowest BCUT2D eigenvalue weighted by Gasteiger charge is -2.20. The second kappa shape index (κ2) is 9.76. The minimum absolute atomic E-state index is 0.151. The van der Waals surface area contributed by atoms with Crippen LogP contribution in [0, 0.1) is 0 Å². The largest absolute Gasteiger partial charge is 0.491 e. The van der Waals surface area contributed by atoms with E-state index in [4.69, 9.17) is 4.74 Å². The van der Waals surface area contributed by atoms with Gasteiger partial charge in [-0.25, -0.2) is 8.42 Å². The molecule has 0 saturated carbocycles. The highest BCUT2D eigenvalue weighted by atomic mass is 32.2. The molecule has 0 unspecified atom stereocenters. The number of sulfone groups is 1. The molecule has 0 bridgehead atoms. The Morgan fingerprint density at radius 2 is 1.53 bits per heavy atom. The summed E-state index contributed by atoms with van der Waals surface area (Å²) in [7, 11) is -3.65. The molecule has 0 N–H and O–H groups in total. The second-order valence-corrected chi connectivity index (χ2v) is 11.1. The lowest BCUT2D eigenvalue weighted by Crippen LogP contribution is -2.32. The Hall–Kier alpha value is -4.49. The predicted octanol–water partition coefficient (Wildman–Crippen LogP) is 5.77. The predicted molar refractivity (Wildman–Crippen MR) is 146 cm³/mol. The Balaban J connectivity index is 1.25. The van der Waals surface area contributed by atoms with Crippen molar-refractivity contribution in [2.75, 3.05) is 13.2 Å². The van der Waals surface area contributed by atoms with Gasteiger partial charge in [-0.1, -0.05) is 42.5 Å². The van der Waals surface area contributed by atoms with Crippen molar-refractivity contribution < 1.29 is 17.9 Å². The fourth-order valence-corrected chi connectivity index (χ4v) is 5.95. The molecule has 0 saturated heterocycles. The van der Waals surface area contributed by atoms with E-state index in [9.17, 15) is 13.2 Å². The molecule has 6 rings (SSSR count). The average Bonchev–Trinajstić information content (AvgIpc) is 3.19. The maximum absolute atomic E-state index is 13.4. The number of amides is 1. The van der Waals surface area contributed by atoms with Crippen LogP contribution in [0.5, 0.6) is 5.75 Å². The van der Waals surface area contributed by atoms with Crippen LogP contribution in [0.4, 0.5) is 0 Å². The first-order valence-electron chi connectivity index (χ1n) is 12.3.